The molecule has 8 N–H and O–H groups in total. The molecule has 9 nitrogen and oxygen atoms in total. The van der Waals surface area contributed by atoms with Crippen LogP contribution in [-0.4, -0.2) is 54.5 Å². The Morgan fingerprint density at radius 1 is 1.11 bits per heavy atom. The van der Waals surface area contributed by atoms with Crippen molar-refractivity contribution in [3.05, 3.63) is 41.5 Å². The van der Waals surface area contributed by atoms with Crippen molar-refractivity contribution >= 4 is 17.7 Å². The topological polar surface area (TPSA) is 174 Å². The highest BCUT2D eigenvalue weighted by Gasteiger charge is 2.41. The van der Waals surface area contributed by atoms with Crippen LogP contribution in [0.3, 0.4) is 0 Å². The Bertz CT molecular complexity index is 905. The van der Waals surface area contributed by atoms with Gasteiger partial charge in [-0.2, -0.15) is 0 Å². The van der Waals surface area contributed by atoms with Crippen molar-refractivity contribution in [1.82, 2.24) is 0 Å². The van der Waals surface area contributed by atoms with Gasteiger partial charge < -0.3 is 41.1 Å². The van der Waals surface area contributed by atoms with E-state index in [0.29, 0.717) is 5.56 Å². The summed E-state index contributed by atoms with van der Waals surface area (Å²) in [4.78, 5) is 11.0. The SMILES string of the molecule is N[C@@H](CS[C@H]1c2c(O)cc(O)cc2O[C@H](c2ccc(O)c(O)c2)[C@@H]1O)C(=O)O. The molecule has 4 atom stereocenters. The molecule has 0 spiro atoms. The van der Waals surface area contributed by atoms with Gasteiger partial charge >= 0.3 is 5.97 Å². The van der Waals surface area contributed by atoms with E-state index in [1.807, 2.05) is 0 Å². The summed E-state index contributed by atoms with van der Waals surface area (Å²) in [6.07, 6.45) is -2.27. The molecule has 1 heterocycles. The third kappa shape index (κ3) is 3.75. The van der Waals surface area contributed by atoms with E-state index in [2.05, 4.69) is 0 Å². The molecule has 0 fully saturated rings. The molecular formula is C18H19NO8S. The number of phenols is 4. The number of nitrogens with two attached hydrogens (primary N) is 1. The monoisotopic (exact) mass is 409 g/mol. The molecule has 0 radical (unpaired) electrons. The molecule has 28 heavy (non-hydrogen) atoms. The fourth-order valence-electron chi connectivity index (χ4n) is 2.96. The van der Waals surface area contributed by atoms with Gasteiger partial charge in [0.1, 0.15) is 29.4 Å². The van der Waals surface area contributed by atoms with Crippen LogP contribution in [-0.2, 0) is 4.79 Å². The Morgan fingerprint density at radius 3 is 2.46 bits per heavy atom. The number of aliphatic carboxylic acids is 1. The summed E-state index contributed by atoms with van der Waals surface area (Å²) in [6, 6.07) is 5.08. The van der Waals surface area contributed by atoms with E-state index >= 15 is 0 Å². The number of thioether (sulfide) groups is 1. The van der Waals surface area contributed by atoms with Crippen LogP contribution >= 0.6 is 11.8 Å². The lowest BCUT2D eigenvalue weighted by atomic mass is 9.93. The second-order valence-electron chi connectivity index (χ2n) is 6.35. The molecule has 0 unspecified atom stereocenters. The van der Waals surface area contributed by atoms with Gasteiger partial charge in [0.2, 0.25) is 0 Å². The maximum absolute atomic E-state index is 11.0. The van der Waals surface area contributed by atoms with Crippen LogP contribution in [0.15, 0.2) is 30.3 Å². The van der Waals surface area contributed by atoms with E-state index in [0.717, 1.165) is 17.8 Å². The number of aliphatic hydroxyl groups is 1. The first-order valence-electron chi connectivity index (χ1n) is 8.21. The van der Waals surface area contributed by atoms with Crippen molar-refractivity contribution in [2.45, 2.75) is 23.5 Å². The van der Waals surface area contributed by atoms with Crippen molar-refractivity contribution in [3.8, 4) is 28.7 Å². The molecule has 0 aliphatic carbocycles. The van der Waals surface area contributed by atoms with Gasteiger partial charge in [0.05, 0.1) is 10.8 Å². The smallest absolute Gasteiger partial charge is 0.321 e. The summed E-state index contributed by atoms with van der Waals surface area (Å²) in [7, 11) is 0. The maximum Gasteiger partial charge on any atom is 0.321 e. The average Bonchev–Trinajstić information content (AvgIpc) is 2.62. The number of hydrogen-bond acceptors (Lipinski definition) is 9. The van der Waals surface area contributed by atoms with Crippen molar-refractivity contribution < 1.29 is 40.2 Å². The molecule has 0 amide bonds. The molecule has 3 rings (SSSR count). The number of rotatable bonds is 5. The molecule has 1 aliphatic rings. The molecule has 0 saturated carbocycles. The minimum absolute atomic E-state index is 0.0512. The molecule has 150 valence electrons. The zero-order valence-electron chi connectivity index (χ0n) is 14.4. The van der Waals surface area contributed by atoms with Crippen LogP contribution in [0.2, 0.25) is 0 Å². The van der Waals surface area contributed by atoms with Crippen molar-refractivity contribution in [2.24, 2.45) is 5.73 Å². The van der Waals surface area contributed by atoms with Gasteiger partial charge in [-0.15, -0.1) is 11.8 Å². The first kappa shape index (κ1) is 19.9. The molecular weight excluding hydrogens is 390 g/mol. The van der Waals surface area contributed by atoms with Crippen LogP contribution in [0.5, 0.6) is 28.7 Å². The summed E-state index contributed by atoms with van der Waals surface area (Å²) < 4.78 is 5.75. The van der Waals surface area contributed by atoms with E-state index in [4.69, 9.17) is 15.6 Å². The zero-order valence-corrected chi connectivity index (χ0v) is 15.2. The van der Waals surface area contributed by atoms with Crippen molar-refractivity contribution in [3.63, 3.8) is 0 Å². The Balaban J connectivity index is 2.01. The summed E-state index contributed by atoms with van der Waals surface area (Å²) >= 11 is 1.02. The van der Waals surface area contributed by atoms with Gasteiger partial charge in [0, 0.05) is 17.9 Å². The fraction of sp³-hybridized carbons (Fsp3) is 0.278. The Labute approximate surface area is 163 Å². The molecule has 0 bridgehead atoms. The van der Waals surface area contributed by atoms with Crippen molar-refractivity contribution in [1.29, 1.82) is 0 Å². The number of phenolic OH excluding ortho intramolecular Hbond substituents is 4. The van der Waals surface area contributed by atoms with Crippen LogP contribution in [0, 0.1) is 0 Å². The number of benzene rings is 2. The summed E-state index contributed by atoms with van der Waals surface area (Å²) in [5.41, 5.74) is 6.09. The average molecular weight is 409 g/mol. The van der Waals surface area contributed by atoms with E-state index in [-0.39, 0.29) is 34.3 Å². The Kier molecular flexibility index (Phi) is 5.45. The van der Waals surface area contributed by atoms with Gasteiger partial charge in [0.15, 0.2) is 17.6 Å². The third-order valence-electron chi connectivity index (χ3n) is 4.36. The van der Waals surface area contributed by atoms with Crippen LogP contribution in [0.4, 0.5) is 0 Å². The second-order valence-corrected chi connectivity index (χ2v) is 7.53. The van der Waals surface area contributed by atoms with Crippen LogP contribution < -0.4 is 10.5 Å². The number of ether oxygens (including phenoxy) is 1. The predicted octanol–water partition coefficient (Wildman–Crippen LogP) is 1.19. The summed E-state index contributed by atoms with van der Waals surface area (Å²) in [6.45, 7) is 0. The number of carbonyl (C=O) groups is 1. The Morgan fingerprint density at radius 2 is 1.82 bits per heavy atom. The number of carboxylic acid groups (broad SMARTS) is 1. The predicted molar refractivity (Wildman–Crippen MR) is 99.7 cm³/mol. The van der Waals surface area contributed by atoms with Gasteiger partial charge in [0.25, 0.3) is 0 Å². The van der Waals surface area contributed by atoms with Gasteiger partial charge in [-0.1, -0.05) is 6.07 Å². The van der Waals surface area contributed by atoms with Crippen molar-refractivity contribution in [2.75, 3.05) is 5.75 Å². The van der Waals surface area contributed by atoms with E-state index in [9.17, 15) is 30.3 Å². The van der Waals surface area contributed by atoms with E-state index in [1.165, 1.54) is 24.3 Å². The normalized spacial score (nSPS) is 22.1. The summed E-state index contributed by atoms with van der Waals surface area (Å²) in [5.74, 6) is -2.48. The van der Waals surface area contributed by atoms with E-state index < -0.39 is 35.2 Å². The lowest BCUT2D eigenvalue weighted by Gasteiger charge is -2.37. The third-order valence-corrected chi connectivity index (χ3v) is 5.79. The molecule has 1 aliphatic heterocycles. The molecule has 2 aromatic carbocycles. The number of fused-ring (bicyclic) bond motifs is 1. The lowest BCUT2D eigenvalue weighted by Crippen LogP contribution is -2.36. The summed E-state index contributed by atoms with van der Waals surface area (Å²) in [5, 5.41) is 58.3. The highest BCUT2D eigenvalue weighted by atomic mass is 32.2. The highest BCUT2D eigenvalue weighted by molar-refractivity contribution is 7.99. The minimum Gasteiger partial charge on any atom is -0.508 e. The number of aromatic hydroxyl groups is 4. The van der Waals surface area contributed by atoms with Gasteiger partial charge in [-0.3, -0.25) is 4.79 Å². The molecule has 10 heteroatoms. The highest BCUT2D eigenvalue weighted by Crippen LogP contribution is 2.52. The maximum atomic E-state index is 11.0. The van der Waals surface area contributed by atoms with Crippen LogP contribution in [0.25, 0.3) is 0 Å². The van der Waals surface area contributed by atoms with Gasteiger partial charge in [-0.25, -0.2) is 0 Å². The molecule has 0 aromatic heterocycles. The zero-order chi connectivity index (χ0) is 20.6. The lowest BCUT2D eigenvalue weighted by molar-refractivity contribution is -0.137. The fourth-order valence-corrected chi connectivity index (χ4v) is 4.26. The Hall–Kier alpha value is -2.82. The first-order valence-corrected chi connectivity index (χ1v) is 9.26. The quantitative estimate of drug-likeness (QED) is 0.355. The standard InChI is InChI=1S/C18H19NO8S/c19-9(18(25)26)6-28-17-14-12(23)4-8(20)5-13(14)27-16(15(17)24)7-1-2-10(21)11(22)3-7/h1-5,9,15-17,20-24H,6,19H2,(H,25,26)/t9-,15-,16+,17-/m0/s1. The molecule has 2 aromatic rings. The van der Waals surface area contributed by atoms with Gasteiger partial charge in [-0.05, 0) is 17.7 Å². The number of hydrogen-bond donors (Lipinski definition) is 7. The first-order chi connectivity index (χ1) is 13.2. The second kappa shape index (κ2) is 7.66. The molecule has 0 saturated heterocycles. The largest absolute Gasteiger partial charge is 0.508 e. The minimum atomic E-state index is -1.25. The number of aliphatic hydroxyl groups excluding tert-OH is 1. The number of carboxylic acids is 1. The van der Waals surface area contributed by atoms with E-state index in [1.54, 1.807) is 0 Å². The van der Waals surface area contributed by atoms with Crippen LogP contribution in [0.1, 0.15) is 22.5 Å².